The van der Waals surface area contributed by atoms with E-state index in [0.29, 0.717) is 18.4 Å². The molecule has 4 aromatic rings. The fraction of sp³-hybridized carbons (Fsp3) is 0.368. The van der Waals surface area contributed by atoms with Crippen LogP contribution in [0.4, 0.5) is 0 Å². The van der Waals surface area contributed by atoms with Gasteiger partial charge in [-0.25, -0.2) is 8.42 Å². The largest absolute Gasteiger partial charge is 2.00 e. The van der Waals surface area contributed by atoms with E-state index in [-0.39, 0.29) is 82.0 Å². The number of phenols is 1. The summed E-state index contributed by atoms with van der Waals surface area (Å²) in [4.78, 5) is -0.541. The molecule has 0 bridgehead atoms. The predicted molar refractivity (Wildman–Crippen MR) is 195 cm³/mol. The Labute approximate surface area is 332 Å². The Hall–Kier alpha value is -2.84. The molecular weight excluding hydrogens is 721 g/mol. The van der Waals surface area contributed by atoms with E-state index in [1.165, 1.54) is 49.2 Å². The molecule has 51 heavy (non-hydrogen) atoms. The zero-order valence-electron chi connectivity index (χ0n) is 29.3. The SMILES string of the molecule is CCCCCCCc1cc(Oc2ccccc2O)cc(S(=O)(=O)O)c1.CCCCCCCc1cc(Oc2ccccc2[O-])cc(S(=O)(=O)[O-])c1.[Ca+2]. The van der Waals surface area contributed by atoms with E-state index < -0.39 is 20.2 Å². The molecule has 0 unspecified atom stereocenters. The van der Waals surface area contributed by atoms with Gasteiger partial charge in [0.25, 0.3) is 10.1 Å². The van der Waals surface area contributed by atoms with Crippen molar-refractivity contribution >= 4 is 58.0 Å². The van der Waals surface area contributed by atoms with Crippen LogP contribution in [0.1, 0.15) is 89.2 Å². The summed E-state index contributed by atoms with van der Waals surface area (Å²) < 4.78 is 77.7. The van der Waals surface area contributed by atoms with Crippen molar-refractivity contribution < 1.29 is 45.6 Å². The van der Waals surface area contributed by atoms with Crippen molar-refractivity contribution in [3.8, 4) is 34.5 Å². The molecule has 10 nitrogen and oxygen atoms in total. The number of para-hydroxylation sites is 4. The van der Waals surface area contributed by atoms with Crippen LogP contribution in [0.3, 0.4) is 0 Å². The van der Waals surface area contributed by atoms with Gasteiger partial charge in [-0.15, -0.1) is 0 Å². The number of ether oxygens (including phenoxy) is 2. The maximum Gasteiger partial charge on any atom is 2.00 e. The fourth-order valence-electron chi connectivity index (χ4n) is 5.16. The molecule has 0 aliphatic rings. The van der Waals surface area contributed by atoms with E-state index in [0.717, 1.165) is 63.0 Å². The quantitative estimate of drug-likeness (QED) is 0.0568. The molecule has 0 radical (unpaired) electrons. The number of aromatic hydroxyl groups is 1. The fourth-order valence-corrected chi connectivity index (χ4v) is 6.28. The van der Waals surface area contributed by atoms with Gasteiger partial charge in [-0.3, -0.25) is 4.55 Å². The van der Waals surface area contributed by atoms with Crippen molar-refractivity contribution in [1.82, 2.24) is 0 Å². The molecular formula is C38H46CaO10S2. The maximum absolute atomic E-state index is 11.8. The van der Waals surface area contributed by atoms with Crippen LogP contribution in [-0.4, -0.2) is 68.8 Å². The van der Waals surface area contributed by atoms with Crippen molar-refractivity contribution in [2.24, 2.45) is 0 Å². The van der Waals surface area contributed by atoms with Crippen LogP contribution in [0.15, 0.2) is 94.7 Å². The molecule has 0 heterocycles. The Kier molecular flexibility index (Phi) is 19.4. The Morgan fingerprint density at radius 2 is 1.06 bits per heavy atom. The Morgan fingerprint density at radius 1 is 0.608 bits per heavy atom. The van der Waals surface area contributed by atoms with Crippen LogP contribution in [0, 0.1) is 0 Å². The summed E-state index contributed by atoms with van der Waals surface area (Å²) in [6, 6.07) is 21.2. The summed E-state index contributed by atoms with van der Waals surface area (Å²) >= 11 is 0. The van der Waals surface area contributed by atoms with Gasteiger partial charge in [-0.1, -0.05) is 101 Å². The first kappa shape index (κ1) is 44.3. The minimum Gasteiger partial charge on any atom is -0.870 e. The number of rotatable bonds is 18. The summed E-state index contributed by atoms with van der Waals surface area (Å²) in [5.41, 5.74) is 1.49. The first-order chi connectivity index (χ1) is 23.8. The molecule has 13 heteroatoms. The molecule has 0 aliphatic carbocycles. The van der Waals surface area contributed by atoms with E-state index >= 15 is 0 Å². The van der Waals surface area contributed by atoms with Crippen LogP contribution >= 0.6 is 0 Å². The molecule has 272 valence electrons. The van der Waals surface area contributed by atoms with Crippen molar-refractivity contribution in [2.75, 3.05) is 0 Å². The summed E-state index contributed by atoms with van der Waals surface area (Å²) in [5, 5.41) is 21.6. The normalized spacial score (nSPS) is 11.2. The average Bonchev–Trinajstić information content (AvgIpc) is 3.06. The number of phenolic OH excluding ortho intramolecular Hbond substituents is 1. The standard InChI is InChI=1S/2C19H24O5S.Ca/c2*1-2-3-4-5-6-9-15-12-16(14-17(13-15)25(21,22)23)24-19-11-8-7-10-18(19)20;/h2*7-8,10-14,20H,2-6,9H2,1H3,(H,21,22,23);/q;;+2/p-2. The first-order valence-corrected chi connectivity index (χ1v) is 19.8. The minimum atomic E-state index is -4.60. The van der Waals surface area contributed by atoms with Crippen molar-refractivity contribution in [2.45, 2.75) is 101 Å². The van der Waals surface area contributed by atoms with E-state index in [9.17, 15) is 36.2 Å². The zero-order chi connectivity index (χ0) is 36.6. The van der Waals surface area contributed by atoms with Crippen molar-refractivity contribution in [3.05, 3.63) is 96.1 Å². The summed E-state index contributed by atoms with van der Waals surface area (Å²) in [6.07, 6.45) is 12.3. The van der Waals surface area contributed by atoms with E-state index in [1.54, 1.807) is 42.5 Å². The molecule has 0 aromatic heterocycles. The van der Waals surface area contributed by atoms with Gasteiger partial charge in [0, 0.05) is 6.07 Å². The molecule has 4 rings (SSSR count). The Balaban J connectivity index is 0.000000347. The van der Waals surface area contributed by atoms with E-state index in [4.69, 9.17) is 9.47 Å². The van der Waals surface area contributed by atoms with Crippen LogP contribution < -0.4 is 14.6 Å². The molecule has 0 saturated heterocycles. The molecule has 0 atom stereocenters. The number of hydrogen-bond acceptors (Lipinski definition) is 9. The smallest absolute Gasteiger partial charge is 0.870 e. The summed E-state index contributed by atoms with van der Waals surface area (Å²) in [6.45, 7) is 4.29. The second-order valence-electron chi connectivity index (χ2n) is 12.0. The van der Waals surface area contributed by atoms with Gasteiger partial charge in [-0.05, 0) is 85.3 Å². The van der Waals surface area contributed by atoms with Gasteiger partial charge < -0.3 is 24.2 Å². The third-order valence-corrected chi connectivity index (χ3v) is 9.42. The molecule has 2 N–H and O–H groups in total. The van der Waals surface area contributed by atoms with Crippen LogP contribution in [0.25, 0.3) is 0 Å². The second kappa shape index (κ2) is 22.3. The number of aryl methyl sites for hydroxylation is 2. The average molecular weight is 767 g/mol. The molecule has 0 amide bonds. The Morgan fingerprint density at radius 3 is 1.55 bits per heavy atom. The van der Waals surface area contributed by atoms with Crippen molar-refractivity contribution in [3.63, 3.8) is 0 Å². The molecule has 4 aromatic carbocycles. The van der Waals surface area contributed by atoms with Gasteiger partial charge in [0.2, 0.25) is 0 Å². The Bertz CT molecular complexity index is 1740. The number of unbranched alkanes of at least 4 members (excludes halogenated alkanes) is 8. The monoisotopic (exact) mass is 766 g/mol. The zero-order valence-corrected chi connectivity index (χ0v) is 33.1. The number of hydrogen-bond donors (Lipinski definition) is 2. The van der Waals surface area contributed by atoms with E-state index in [1.807, 2.05) is 0 Å². The molecule has 0 spiro atoms. The number of benzene rings is 4. The third kappa shape index (κ3) is 16.2. The second-order valence-corrected chi connectivity index (χ2v) is 14.8. The molecule has 0 fully saturated rings. The summed E-state index contributed by atoms with van der Waals surface area (Å²) in [5.74, 6) is 0.421. The maximum atomic E-state index is 11.8. The van der Waals surface area contributed by atoms with Gasteiger partial charge >= 0.3 is 37.7 Å². The topological polar surface area (TPSA) is 173 Å². The van der Waals surface area contributed by atoms with Gasteiger partial charge in [0.15, 0.2) is 11.5 Å². The minimum absolute atomic E-state index is 0. The third-order valence-electron chi connectivity index (χ3n) is 7.77. The van der Waals surface area contributed by atoms with Crippen molar-refractivity contribution in [1.29, 1.82) is 0 Å². The van der Waals surface area contributed by atoms with Crippen LogP contribution in [0.5, 0.6) is 34.5 Å². The molecule has 0 aliphatic heterocycles. The first-order valence-electron chi connectivity index (χ1n) is 16.9. The summed E-state index contributed by atoms with van der Waals surface area (Å²) in [7, 11) is -8.93. The van der Waals surface area contributed by atoms with Crippen LogP contribution in [-0.2, 0) is 33.1 Å². The van der Waals surface area contributed by atoms with Gasteiger partial charge in [0.05, 0.1) is 9.79 Å². The van der Waals surface area contributed by atoms with Crippen LogP contribution in [0.2, 0.25) is 0 Å². The van der Waals surface area contributed by atoms with E-state index in [2.05, 4.69) is 13.8 Å². The van der Waals surface area contributed by atoms with Gasteiger partial charge in [0.1, 0.15) is 27.4 Å². The molecule has 0 saturated carbocycles. The van der Waals surface area contributed by atoms with Gasteiger partial charge in [-0.2, -0.15) is 8.42 Å². The predicted octanol–water partition coefficient (Wildman–Crippen LogP) is 8.53.